The maximum absolute atomic E-state index is 13.6. The Morgan fingerprint density at radius 3 is 2.65 bits per heavy atom. The third kappa shape index (κ3) is 2.79. The van der Waals surface area contributed by atoms with E-state index in [-0.39, 0.29) is 5.56 Å². The second-order valence-corrected chi connectivity index (χ2v) is 4.46. The van der Waals surface area contributed by atoms with E-state index in [9.17, 15) is 9.18 Å². The summed E-state index contributed by atoms with van der Waals surface area (Å²) in [5, 5.41) is 0. The molecule has 0 amide bonds. The largest absolute Gasteiger partial charge is 0.496 e. The van der Waals surface area contributed by atoms with Gasteiger partial charge in [0, 0.05) is 19.2 Å². The molecule has 0 aliphatic rings. The van der Waals surface area contributed by atoms with Crippen molar-refractivity contribution in [3.8, 4) is 5.75 Å². The molecule has 0 aromatic heterocycles. The number of halogens is 1. The van der Waals surface area contributed by atoms with Crippen LogP contribution in [0.5, 0.6) is 5.75 Å². The highest BCUT2D eigenvalue weighted by Crippen LogP contribution is 2.25. The van der Waals surface area contributed by atoms with Crippen LogP contribution in [0.4, 0.5) is 10.1 Å². The second kappa shape index (κ2) is 6.19. The van der Waals surface area contributed by atoms with E-state index in [4.69, 9.17) is 4.74 Å². The van der Waals surface area contributed by atoms with Crippen molar-refractivity contribution in [2.45, 2.75) is 6.54 Å². The molecule has 0 atom stereocenters. The minimum Gasteiger partial charge on any atom is -0.496 e. The minimum absolute atomic E-state index is 0.0740. The fraction of sp³-hybridized carbons (Fsp3) is 0.188. The number of methoxy groups -OCH3 is 1. The van der Waals surface area contributed by atoms with E-state index in [1.54, 1.807) is 19.2 Å². The molecule has 0 N–H and O–H groups in total. The van der Waals surface area contributed by atoms with Gasteiger partial charge in [-0.05, 0) is 18.2 Å². The van der Waals surface area contributed by atoms with Gasteiger partial charge in [-0.3, -0.25) is 4.79 Å². The van der Waals surface area contributed by atoms with Gasteiger partial charge in [0.1, 0.15) is 11.6 Å². The predicted octanol–water partition coefficient (Wildman–Crippen LogP) is 3.28. The van der Waals surface area contributed by atoms with Gasteiger partial charge in [-0.25, -0.2) is 4.39 Å². The van der Waals surface area contributed by atoms with E-state index in [0.717, 1.165) is 11.3 Å². The molecule has 2 aromatic rings. The van der Waals surface area contributed by atoms with Crippen molar-refractivity contribution >= 4 is 12.0 Å². The van der Waals surface area contributed by atoms with Crippen LogP contribution in [0, 0.1) is 5.82 Å². The molecule has 3 nitrogen and oxygen atoms in total. The Labute approximate surface area is 117 Å². The Morgan fingerprint density at radius 2 is 1.95 bits per heavy atom. The van der Waals surface area contributed by atoms with E-state index < -0.39 is 5.82 Å². The van der Waals surface area contributed by atoms with Crippen LogP contribution in [-0.2, 0) is 6.54 Å². The molecule has 0 aliphatic heterocycles. The van der Waals surface area contributed by atoms with Crippen LogP contribution >= 0.6 is 0 Å². The molecule has 4 heteroatoms. The number of hydrogen-bond donors (Lipinski definition) is 0. The van der Waals surface area contributed by atoms with Crippen molar-refractivity contribution in [2.75, 3.05) is 19.1 Å². The summed E-state index contributed by atoms with van der Waals surface area (Å²) in [5.74, 6) is 0.257. The van der Waals surface area contributed by atoms with Gasteiger partial charge in [0.25, 0.3) is 0 Å². The highest BCUT2D eigenvalue weighted by molar-refractivity contribution is 5.84. The topological polar surface area (TPSA) is 29.5 Å². The predicted molar refractivity (Wildman–Crippen MR) is 76.9 cm³/mol. The number of carbonyl (C=O) groups is 1. The Balaban J connectivity index is 2.31. The Kier molecular flexibility index (Phi) is 4.35. The fourth-order valence-electron chi connectivity index (χ4n) is 2.15. The van der Waals surface area contributed by atoms with E-state index in [2.05, 4.69) is 0 Å². The maximum Gasteiger partial charge on any atom is 0.155 e. The summed E-state index contributed by atoms with van der Waals surface area (Å²) < 4.78 is 18.9. The number of para-hydroxylation sites is 1. The standard InChI is InChI=1S/C16H16FNO2/c1-18(10-12-6-3-4-9-16(12)20-2)15-8-5-7-14(17)13(15)11-19/h3-9,11H,10H2,1-2H3. The zero-order chi connectivity index (χ0) is 14.5. The molecule has 0 bridgehead atoms. The number of benzene rings is 2. The van der Waals surface area contributed by atoms with Gasteiger partial charge in [-0.2, -0.15) is 0 Å². The summed E-state index contributed by atoms with van der Waals surface area (Å²) >= 11 is 0. The van der Waals surface area contributed by atoms with Crippen molar-refractivity contribution in [3.05, 3.63) is 59.4 Å². The molecule has 0 heterocycles. The number of hydrogen-bond acceptors (Lipinski definition) is 3. The lowest BCUT2D eigenvalue weighted by Crippen LogP contribution is -2.19. The summed E-state index contributed by atoms with van der Waals surface area (Å²) in [6, 6.07) is 12.2. The Hall–Kier alpha value is -2.36. The lowest BCUT2D eigenvalue weighted by molar-refractivity contribution is 0.112. The molecular weight excluding hydrogens is 257 g/mol. The SMILES string of the molecule is COc1ccccc1CN(C)c1cccc(F)c1C=O. The number of nitrogens with zero attached hydrogens (tertiary/aromatic N) is 1. The lowest BCUT2D eigenvalue weighted by atomic mass is 10.1. The number of rotatable bonds is 5. The van der Waals surface area contributed by atoms with E-state index in [1.807, 2.05) is 36.2 Å². The summed E-state index contributed by atoms with van der Waals surface area (Å²) in [7, 11) is 3.42. The number of anilines is 1. The van der Waals surface area contributed by atoms with Crippen molar-refractivity contribution < 1.29 is 13.9 Å². The van der Waals surface area contributed by atoms with Crippen LogP contribution in [0.2, 0.25) is 0 Å². The molecule has 0 radical (unpaired) electrons. The van der Waals surface area contributed by atoms with Crippen LogP contribution in [0.3, 0.4) is 0 Å². The zero-order valence-corrected chi connectivity index (χ0v) is 11.5. The summed E-state index contributed by atoms with van der Waals surface area (Å²) in [6.07, 6.45) is 0.545. The van der Waals surface area contributed by atoms with Gasteiger partial charge in [-0.15, -0.1) is 0 Å². The van der Waals surface area contributed by atoms with Gasteiger partial charge < -0.3 is 9.64 Å². The fourth-order valence-corrected chi connectivity index (χ4v) is 2.15. The first-order chi connectivity index (χ1) is 9.67. The van der Waals surface area contributed by atoms with Crippen LogP contribution in [0.15, 0.2) is 42.5 Å². The summed E-state index contributed by atoms with van der Waals surface area (Å²) in [4.78, 5) is 12.9. The van der Waals surface area contributed by atoms with Gasteiger partial charge in [0.05, 0.1) is 18.4 Å². The van der Waals surface area contributed by atoms with Gasteiger partial charge in [-0.1, -0.05) is 24.3 Å². The maximum atomic E-state index is 13.6. The molecular formula is C16H16FNO2. The first kappa shape index (κ1) is 14.1. The van der Waals surface area contributed by atoms with E-state index in [0.29, 0.717) is 18.5 Å². The van der Waals surface area contributed by atoms with Crippen LogP contribution < -0.4 is 9.64 Å². The van der Waals surface area contributed by atoms with Gasteiger partial charge >= 0.3 is 0 Å². The molecule has 2 aromatic carbocycles. The Bertz CT molecular complexity index is 613. The molecule has 0 saturated carbocycles. The van der Waals surface area contributed by atoms with Gasteiger partial charge in [0.15, 0.2) is 6.29 Å². The number of aldehydes is 1. The van der Waals surface area contributed by atoms with E-state index >= 15 is 0 Å². The molecule has 0 saturated heterocycles. The molecule has 0 fully saturated rings. The third-order valence-corrected chi connectivity index (χ3v) is 3.16. The van der Waals surface area contributed by atoms with Gasteiger partial charge in [0.2, 0.25) is 0 Å². The molecule has 0 aliphatic carbocycles. The minimum atomic E-state index is -0.510. The average molecular weight is 273 g/mol. The second-order valence-electron chi connectivity index (χ2n) is 4.46. The highest BCUT2D eigenvalue weighted by Gasteiger charge is 2.13. The molecule has 0 spiro atoms. The average Bonchev–Trinajstić information content (AvgIpc) is 2.47. The normalized spacial score (nSPS) is 10.2. The quantitative estimate of drug-likeness (QED) is 0.783. The third-order valence-electron chi connectivity index (χ3n) is 3.16. The van der Waals surface area contributed by atoms with Crippen molar-refractivity contribution in [2.24, 2.45) is 0 Å². The molecule has 104 valence electrons. The number of carbonyl (C=O) groups excluding carboxylic acids is 1. The monoisotopic (exact) mass is 273 g/mol. The molecule has 20 heavy (non-hydrogen) atoms. The Morgan fingerprint density at radius 1 is 1.20 bits per heavy atom. The van der Waals surface area contributed by atoms with Crippen LogP contribution in [-0.4, -0.2) is 20.4 Å². The number of ether oxygens (including phenoxy) is 1. The molecule has 2 rings (SSSR count). The zero-order valence-electron chi connectivity index (χ0n) is 11.5. The lowest BCUT2D eigenvalue weighted by Gasteiger charge is -2.22. The highest BCUT2D eigenvalue weighted by atomic mass is 19.1. The van der Waals surface area contributed by atoms with Crippen molar-refractivity contribution in [1.29, 1.82) is 0 Å². The van der Waals surface area contributed by atoms with Crippen LogP contribution in [0.1, 0.15) is 15.9 Å². The van der Waals surface area contributed by atoms with Crippen LogP contribution in [0.25, 0.3) is 0 Å². The van der Waals surface area contributed by atoms with E-state index in [1.165, 1.54) is 6.07 Å². The summed E-state index contributed by atoms with van der Waals surface area (Å²) in [5.41, 5.74) is 1.61. The molecule has 0 unspecified atom stereocenters. The first-order valence-electron chi connectivity index (χ1n) is 6.24. The van der Waals surface area contributed by atoms with Crippen molar-refractivity contribution in [3.63, 3.8) is 0 Å². The first-order valence-corrected chi connectivity index (χ1v) is 6.24. The van der Waals surface area contributed by atoms with Crippen molar-refractivity contribution in [1.82, 2.24) is 0 Å². The smallest absolute Gasteiger partial charge is 0.155 e. The summed E-state index contributed by atoms with van der Waals surface area (Å²) in [6.45, 7) is 0.522.